The number of nitrogens with zero attached hydrogens (tertiary/aromatic N) is 2. The average molecular weight is 359 g/mol. The minimum Gasteiger partial charge on any atom is -0.494 e. The van der Waals surface area contributed by atoms with Gasteiger partial charge in [-0.3, -0.25) is 4.79 Å². The van der Waals surface area contributed by atoms with E-state index in [9.17, 15) is 4.79 Å². The molecule has 3 rings (SSSR count). The molecule has 6 heteroatoms. The molecule has 0 atom stereocenters. The molecule has 1 heterocycles. The van der Waals surface area contributed by atoms with E-state index in [0.29, 0.717) is 21.4 Å². The lowest BCUT2D eigenvalue weighted by atomic mass is 10.2. The summed E-state index contributed by atoms with van der Waals surface area (Å²) in [6.07, 6.45) is 1.57. The van der Waals surface area contributed by atoms with Crippen molar-refractivity contribution >= 4 is 23.4 Å². The van der Waals surface area contributed by atoms with Gasteiger partial charge in [-0.2, -0.15) is 9.78 Å². The van der Waals surface area contributed by atoms with E-state index >= 15 is 0 Å². The van der Waals surface area contributed by atoms with Crippen molar-refractivity contribution in [2.45, 2.75) is 10.6 Å². The van der Waals surface area contributed by atoms with Crippen molar-refractivity contribution in [3.05, 3.63) is 81.7 Å². The van der Waals surface area contributed by atoms with Gasteiger partial charge in [-0.05, 0) is 29.8 Å². The molecule has 0 saturated carbocycles. The van der Waals surface area contributed by atoms with Crippen LogP contribution in [0.4, 0.5) is 0 Å². The number of rotatable bonds is 5. The Labute approximate surface area is 149 Å². The summed E-state index contributed by atoms with van der Waals surface area (Å²) in [5.74, 6) is 1.12. The number of para-hydroxylation sites is 1. The first-order valence-electron chi connectivity index (χ1n) is 7.28. The Kier molecular flexibility index (Phi) is 5.23. The maximum Gasteiger partial charge on any atom is 0.288 e. The molecule has 0 aliphatic carbocycles. The van der Waals surface area contributed by atoms with Gasteiger partial charge in [0.1, 0.15) is 4.90 Å². The fourth-order valence-electron chi connectivity index (χ4n) is 2.19. The van der Waals surface area contributed by atoms with Crippen LogP contribution in [-0.2, 0) is 5.75 Å². The van der Waals surface area contributed by atoms with E-state index in [1.807, 2.05) is 54.6 Å². The van der Waals surface area contributed by atoms with Gasteiger partial charge in [-0.15, -0.1) is 11.8 Å². The number of hydrogen-bond donors (Lipinski definition) is 0. The van der Waals surface area contributed by atoms with Gasteiger partial charge in [0.15, 0.2) is 5.75 Å². The Morgan fingerprint density at radius 2 is 1.83 bits per heavy atom. The molecule has 122 valence electrons. The molecule has 0 spiro atoms. The summed E-state index contributed by atoms with van der Waals surface area (Å²) in [6, 6.07) is 16.9. The van der Waals surface area contributed by atoms with Crippen molar-refractivity contribution in [3.63, 3.8) is 0 Å². The monoisotopic (exact) mass is 358 g/mol. The maximum absolute atomic E-state index is 12.8. The maximum atomic E-state index is 12.8. The van der Waals surface area contributed by atoms with Crippen molar-refractivity contribution in [1.29, 1.82) is 0 Å². The highest BCUT2D eigenvalue weighted by molar-refractivity contribution is 7.98. The van der Waals surface area contributed by atoms with Crippen LogP contribution < -0.4 is 10.3 Å². The first-order chi connectivity index (χ1) is 11.7. The molecule has 0 N–H and O–H groups in total. The number of halogens is 1. The largest absolute Gasteiger partial charge is 0.494 e. The molecule has 3 aromatic rings. The highest BCUT2D eigenvalue weighted by atomic mass is 35.5. The summed E-state index contributed by atoms with van der Waals surface area (Å²) in [7, 11) is 1.54. The quantitative estimate of drug-likeness (QED) is 0.641. The number of thioether (sulfide) groups is 1. The smallest absolute Gasteiger partial charge is 0.288 e. The Morgan fingerprint density at radius 1 is 1.12 bits per heavy atom. The van der Waals surface area contributed by atoms with Crippen molar-refractivity contribution in [1.82, 2.24) is 9.78 Å². The van der Waals surface area contributed by atoms with Gasteiger partial charge in [0.05, 0.1) is 19.0 Å². The van der Waals surface area contributed by atoms with Crippen LogP contribution in [0, 0.1) is 0 Å². The Hall–Kier alpha value is -2.24. The summed E-state index contributed by atoms with van der Waals surface area (Å²) in [6.45, 7) is 0. The number of aromatic nitrogens is 2. The van der Waals surface area contributed by atoms with Gasteiger partial charge < -0.3 is 4.74 Å². The number of hydrogen-bond acceptors (Lipinski definition) is 4. The van der Waals surface area contributed by atoms with Crippen LogP contribution in [-0.4, -0.2) is 16.9 Å². The predicted molar refractivity (Wildman–Crippen MR) is 97.4 cm³/mol. The van der Waals surface area contributed by atoms with Crippen molar-refractivity contribution < 1.29 is 4.74 Å². The second kappa shape index (κ2) is 7.55. The van der Waals surface area contributed by atoms with E-state index in [-0.39, 0.29) is 5.56 Å². The summed E-state index contributed by atoms with van der Waals surface area (Å²) in [4.78, 5) is 13.3. The van der Waals surface area contributed by atoms with Crippen LogP contribution in [0.25, 0.3) is 5.69 Å². The number of methoxy groups -OCH3 is 1. The van der Waals surface area contributed by atoms with E-state index in [0.717, 1.165) is 11.3 Å². The van der Waals surface area contributed by atoms with Gasteiger partial charge >= 0.3 is 0 Å². The normalized spacial score (nSPS) is 10.6. The second-order valence-corrected chi connectivity index (χ2v) is 6.43. The molecule has 0 amide bonds. The number of ether oxygens (including phenoxy) is 1. The summed E-state index contributed by atoms with van der Waals surface area (Å²) >= 11 is 7.33. The first kappa shape index (κ1) is 16.6. The van der Waals surface area contributed by atoms with Crippen LogP contribution in [0.3, 0.4) is 0 Å². The van der Waals surface area contributed by atoms with E-state index in [1.54, 1.807) is 6.20 Å². The fraction of sp³-hybridized carbons (Fsp3) is 0.111. The molecule has 0 saturated heterocycles. The lowest BCUT2D eigenvalue weighted by molar-refractivity contribution is 0.397. The third-order valence-electron chi connectivity index (χ3n) is 3.42. The van der Waals surface area contributed by atoms with E-state index in [4.69, 9.17) is 16.3 Å². The third kappa shape index (κ3) is 3.63. The highest BCUT2D eigenvalue weighted by Crippen LogP contribution is 2.28. The first-order valence-corrected chi connectivity index (χ1v) is 8.64. The average Bonchev–Trinajstić information content (AvgIpc) is 2.62. The Bertz CT molecular complexity index is 880. The zero-order valence-corrected chi connectivity index (χ0v) is 14.6. The molecule has 2 aromatic carbocycles. The molecular weight excluding hydrogens is 344 g/mol. The summed E-state index contributed by atoms with van der Waals surface area (Å²) in [5, 5.41) is 4.89. The van der Waals surface area contributed by atoms with E-state index in [1.165, 1.54) is 23.6 Å². The van der Waals surface area contributed by atoms with Crippen LogP contribution in [0.15, 0.2) is 70.5 Å². The molecule has 0 fully saturated rings. The highest BCUT2D eigenvalue weighted by Gasteiger charge is 2.14. The standard InChI is InChI=1S/C18H15ClN2O2S/c1-23-16-11-20-21(15-5-3-2-4-6-15)18(22)17(16)24-12-13-7-9-14(19)10-8-13/h2-11H,12H2,1H3. The van der Waals surface area contributed by atoms with Gasteiger partial charge in [-0.1, -0.05) is 41.9 Å². The van der Waals surface area contributed by atoms with Gasteiger partial charge in [-0.25, -0.2) is 0 Å². The van der Waals surface area contributed by atoms with E-state index in [2.05, 4.69) is 5.10 Å². The Morgan fingerprint density at radius 3 is 2.50 bits per heavy atom. The molecule has 24 heavy (non-hydrogen) atoms. The Balaban J connectivity index is 1.93. The van der Waals surface area contributed by atoms with Crippen LogP contribution in [0.2, 0.25) is 5.02 Å². The second-order valence-electron chi connectivity index (χ2n) is 5.01. The molecule has 1 aromatic heterocycles. The minimum absolute atomic E-state index is 0.195. The van der Waals surface area contributed by atoms with Gasteiger partial charge in [0.2, 0.25) is 0 Å². The molecule has 4 nitrogen and oxygen atoms in total. The van der Waals surface area contributed by atoms with Crippen molar-refractivity contribution in [2.75, 3.05) is 7.11 Å². The number of benzene rings is 2. The molecular formula is C18H15ClN2O2S. The third-order valence-corrected chi connectivity index (χ3v) is 4.81. The predicted octanol–water partition coefficient (Wildman–Crippen LogP) is 4.19. The molecule has 0 radical (unpaired) electrons. The van der Waals surface area contributed by atoms with Crippen molar-refractivity contribution in [2.24, 2.45) is 0 Å². The topological polar surface area (TPSA) is 44.1 Å². The lowest BCUT2D eigenvalue weighted by Crippen LogP contribution is -2.23. The van der Waals surface area contributed by atoms with Gasteiger partial charge in [0.25, 0.3) is 5.56 Å². The van der Waals surface area contributed by atoms with Crippen molar-refractivity contribution in [3.8, 4) is 11.4 Å². The zero-order chi connectivity index (χ0) is 16.9. The molecule has 0 aliphatic rings. The fourth-order valence-corrected chi connectivity index (χ4v) is 3.31. The summed E-state index contributed by atoms with van der Waals surface area (Å²) in [5.41, 5.74) is 1.60. The molecule has 0 aliphatic heterocycles. The lowest BCUT2D eigenvalue weighted by Gasteiger charge is -2.10. The zero-order valence-electron chi connectivity index (χ0n) is 13.0. The van der Waals surface area contributed by atoms with Crippen LogP contribution >= 0.6 is 23.4 Å². The van der Waals surface area contributed by atoms with Crippen LogP contribution in [0.5, 0.6) is 5.75 Å². The van der Waals surface area contributed by atoms with Gasteiger partial charge in [0, 0.05) is 10.8 Å². The SMILES string of the molecule is COc1cnn(-c2ccccc2)c(=O)c1SCc1ccc(Cl)cc1. The molecule has 0 bridgehead atoms. The van der Waals surface area contributed by atoms with E-state index < -0.39 is 0 Å². The molecule has 0 unspecified atom stereocenters. The summed E-state index contributed by atoms with van der Waals surface area (Å²) < 4.78 is 6.69. The van der Waals surface area contributed by atoms with Crippen LogP contribution in [0.1, 0.15) is 5.56 Å². The minimum atomic E-state index is -0.195.